The van der Waals surface area contributed by atoms with Gasteiger partial charge in [0, 0.05) is 12.6 Å². The molecule has 1 aromatic heterocycles. The summed E-state index contributed by atoms with van der Waals surface area (Å²) in [6, 6.07) is 0.736. The Balaban J connectivity index is 2.59. The van der Waals surface area contributed by atoms with E-state index in [1.54, 1.807) is 6.92 Å². The van der Waals surface area contributed by atoms with E-state index < -0.39 is 17.3 Å². The number of nitrogen functional groups attached to an aromatic ring is 1. The van der Waals surface area contributed by atoms with Gasteiger partial charge in [-0.25, -0.2) is 15.2 Å². The van der Waals surface area contributed by atoms with Gasteiger partial charge in [0.25, 0.3) is 5.56 Å². The van der Waals surface area contributed by atoms with Crippen molar-refractivity contribution >= 4 is 5.82 Å². The first-order valence-corrected chi connectivity index (χ1v) is 5.87. The summed E-state index contributed by atoms with van der Waals surface area (Å²) in [6.45, 7) is 2.20. The Bertz CT molecular complexity index is 604. The predicted molar refractivity (Wildman–Crippen MR) is 69.0 cm³/mol. The Labute approximate surface area is 104 Å². The number of hydrogen-bond acceptors (Lipinski definition) is 4. The van der Waals surface area contributed by atoms with Crippen LogP contribution in [0.15, 0.2) is 15.7 Å². The molecule has 96 valence electrons. The lowest BCUT2D eigenvalue weighted by Gasteiger charge is -2.15. The van der Waals surface area contributed by atoms with Gasteiger partial charge in [-0.05, 0) is 25.7 Å². The summed E-state index contributed by atoms with van der Waals surface area (Å²) in [5, 5.41) is 0. The zero-order valence-electron chi connectivity index (χ0n) is 10.2. The van der Waals surface area contributed by atoms with Gasteiger partial charge in [0.05, 0.1) is 6.04 Å². The molecule has 1 saturated carbocycles. The van der Waals surface area contributed by atoms with E-state index in [1.165, 1.54) is 10.6 Å². The molecule has 6 heteroatoms. The summed E-state index contributed by atoms with van der Waals surface area (Å²) >= 11 is 0. The molecule has 1 aliphatic carbocycles. The van der Waals surface area contributed by atoms with Crippen molar-refractivity contribution in [3.63, 3.8) is 0 Å². The van der Waals surface area contributed by atoms with Crippen molar-refractivity contribution in [3.8, 4) is 12.3 Å². The average molecular weight is 248 g/mol. The average Bonchev–Trinajstić information content (AvgIpc) is 3.16. The van der Waals surface area contributed by atoms with Gasteiger partial charge >= 0.3 is 5.69 Å². The van der Waals surface area contributed by atoms with Crippen LogP contribution in [-0.4, -0.2) is 9.13 Å². The second-order valence-corrected chi connectivity index (χ2v) is 4.56. The second-order valence-electron chi connectivity index (χ2n) is 4.56. The number of anilines is 1. The summed E-state index contributed by atoms with van der Waals surface area (Å²) < 4.78 is 2.55. The normalized spacial score (nSPS) is 16.1. The molecule has 1 heterocycles. The van der Waals surface area contributed by atoms with E-state index in [-0.39, 0.29) is 0 Å². The number of nitrogens with two attached hydrogens (primary N) is 1. The highest BCUT2D eigenvalue weighted by molar-refractivity contribution is 5.32. The number of aromatic nitrogens is 2. The topological polar surface area (TPSA) is 82.0 Å². The Morgan fingerprint density at radius 2 is 2.28 bits per heavy atom. The highest BCUT2D eigenvalue weighted by Crippen LogP contribution is 2.30. The molecule has 0 spiro atoms. The van der Waals surface area contributed by atoms with Crippen LogP contribution in [0.25, 0.3) is 0 Å². The van der Waals surface area contributed by atoms with Crippen LogP contribution < -0.4 is 22.5 Å². The van der Waals surface area contributed by atoms with Gasteiger partial charge in [-0.1, -0.05) is 5.92 Å². The largest absolute Gasteiger partial charge is 0.333 e. The molecule has 0 radical (unpaired) electrons. The van der Waals surface area contributed by atoms with Crippen LogP contribution in [0, 0.1) is 18.3 Å². The summed E-state index contributed by atoms with van der Waals surface area (Å²) in [6.07, 6.45) is 7.47. The fourth-order valence-corrected chi connectivity index (χ4v) is 1.88. The summed E-state index contributed by atoms with van der Waals surface area (Å²) in [7, 11) is 0. The standard InChI is InChI=1S/C12H16N4O2/c1-3-8(2)16-11(17)6-10(14-13)15(12(16)18)7-9-4-5-9/h1,6,8-9,14H,4-5,7,13H2,2H3. The lowest BCUT2D eigenvalue weighted by atomic mass is 10.3. The fourth-order valence-electron chi connectivity index (χ4n) is 1.88. The van der Waals surface area contributed by atoms with E-state index in [9.17, 15) is 9.59 Å². The van der Waals surface area contributed by atoms with Crippen LogP contribution in [-0.2, 0) is 6.54 Å². The van der Waals surface area contributed by atoms with E-state index >= 15 is 0 Å². The molecule has 0 aliphatic heterocycles. The van der Waals surface area contributed by atoms with Crippen molar-refractivity contribution in [1.82, 2.24) is 9.13 Å². The minimum absolute atomic E-state index is 0.331. The first-order chi connectivity index (χ1) is 8.58. The van der Waals surface area contributed by atoms with Gasteiger partial charge in [0.1, 0.15) is 5.82 Å². The van der Waals surface area contributed by atoms with E-state index in [0.717, 1.165) is 17.4 Å². The van der Waals surface area contributed by atoms with E-state index in [1.807, 2.05) is 0 Å². The van der Waals surface area contributed by atoms with Crippen molar-refractivity contribution in [2.24, 2.45) is 11.8 Å². The van der Waals surface area contributed by atoms with Crippen molar-refractivity contribution in [2.45, 2.75) is 32.4 Å². The number of rotatable bonds is 4. The molecular weight excluding hydrogens is 232 g/mol. The van der Waals surface area contributed by atoms with Crippen LogP contribution >= 0.6 is 0 Å². The molecular formula is C12H16N4O2. The Kier molecular flexibility index (Phi) is 3.26. The molecule has 6 nitrogen and oxygen atoms in total. The summed E-state index contributed by atoms with van der Waals surface area (Å²) in [4.78, 5) is 24.1. The molecule has 0 amide bonds. The Morgan fingerprint density at radius 1 is 1.61 bits per heavy atom. The number of nitrogens with zero attached hydrogens (tertiary/aromatic N) is 2. The highest BCUT2D eigenvalue weighted by atomic mass is 16.2. The quantitative estimate of drug-likeness (QED) is 0.443. The van der Waals surface area contributed by atoms with Gasteiger partial charge in [0.2, 0.25) is 0 Å². The van der Waals surface area contributed by atoms with Crippen molar-refractivity contribution < 1.29 is 0 Å². The zero-order chi connectivity index (χ0) is 13.3. The van der Waals surface area contributed by atoms with Gasteiger partial charge in [-0.15, -0.1) is 6.42 Å². The summed E-state index contributed by atoms with van der Waals surface area (Å²) in [5.74, 6) is 8.56. The van der Waals surface area contributed by atoms with Crippen LogP contribution in [0.2, 0.25) is 0 Å². The maximum atomic E-state index is 12.3. The van der Waals surface area contributed by atoms with E-state index in [0.29, 0.717) is 18.3 Å². The molecule has 1 unspecified atom stereocenters. The van der Waals surface area contributed by atoms with Crippen molar-refractivity contribution in [3.05, 3.63) is 26.9 Å². The molecule has 1 fully saturated rings. The Hall–Kier alpha value is -2.00. The maximum absolute atomic E-state index is 12.3. The Morgan fingerprint density at radius 3 is 2.78 bits per heavy atom. The first kappa shape index (κ1) is 12.5. The smallest absolute Gasteiger partial charge is 0.310 e. The molecule has 0 aromatic carbocycles. The second kappa shape index (κ2) is 4.70. The molecule has 1 aromatic rings. The molecule has 0 bridgehead atoms. The van der Waals surface area contributed by atoms with Crippen molar-refractivity contribution in [1.29, 1.82) is 0 Å². The third kappa shape index (κ3) is 2.17. The highest BCUT2D eigenvalue weighted by Gasteiger charge is 2.24. The van der Waals surface area contributed by atoms with Crippen LogP contribution in [0.3, 0.4) is 0 Å². The van der Waals surface area contributed by atoms with Crippen LogP contribution in [0.5, 0.6) is 0 Å². The fraction of sp³-hybridized carbons (Fsp3) is 0.500. The van der Waals surface area contributed by atoms with Gasteiger partial charge in [-0.2, -0.15) is 0 Å². The molecule has 3 N–H and O–H groups in total. The van der Waals surface area contributed by atoms with Gasteiger partial charge in [-0.3, -0.25) is 9.36 Å². The molecule has 1 atom stereocenters. The van der Waals surface area contributed by atoms with Crippen LogP contribution in [0.4, 0.5) is 5.82 Å². The number of hydrogen-bond donors (Lipinski definition) is 2. The molecule has 18 heavy (non-hydrogen) atoms. The summed E-state index contributed by atoms with van der Waals surface area (Å²) in [5.41, 5.74) is 1.54. The van der Waals surface area contributed by atoms with Gasteiger partial charge in [0.15, 0.2) is 0 Å². The molecule has 2 rings (SSSR count). The lowest BCUT2D eigenvalue weighted by molar-refractivity contribution is 0.522. The first-order valence-electron chi connectivity index (χ1n) is 5.87. The minimum Gasteiger partial charge on any atom is -0.310 e. The molecule has 0 saturated heterocycles. The zero-order valence-corrected chi connectivity index (χ0v) is 10.2. The van der Waals surface area contributed by atoms with Crippen LogP contribution in [0.1, 0.15) is 25.8 Å². The number of hydrazine groups is 1. The van der Waals surface area contributed by atoms with Gasteiger partial charge < -0.3 is 5.43 Å². The predicted octanol–water partition coefficient (Wildman–Crippen LogP) is -0.100. The van der Waals surface area contributed by atoms with E-state index in [2.05, 4.69) is 11.3 Å². The SMILES string of the molecule is C#CC(C)n1c(=O)cc(NN)n(CC2CC2)c1=O. The number of terminal acetylenes is 1. The minimum atomic E-state index is -0.567. The maximum Gasteiger partial charge on any atom is 0.333 e. The third-order valence-corrected chi connectivity index (χ3v) is 3.14. The lowest BCUT2D eigenvalue weighted by Crippen LogP contribution is -2.42. The molecule has 1 aliphatic rings. The monoisotopic (exact) mass is 248 g/mol. The van der Waals surface area contributed by atoms with Crippen molar-refractivity contribution in [2.75, 3.05) is 5.43 Å². The van der Waals surface area contributed by atoms with E-state index in [4.69, 9.17) is 12.3 Å². The third-order valence-electron chi connectivity index (χ3n) is 3.14. The number of nitrogens with one attached hydrogen (secondary N) is 1.